The molecule has 1 N–H and O–H groups in total. The second kappa shape index (κ2) is 4.80. The van der Waals surface area contributed by atoms with Crippen LogP contribution in [-0.4, -0.2) is 7.05 Å². The predicted octanol–water partition coefficient (Wildman–Crippen LogP) is 3.62. The topological polar surface area (TPSA) is 12.0 Å². The Hall–Kier alpha value is -0.820. The van der Waals surface area contributed by atoms with Gasteiger partial charge >= 0.3 is 0 Å². The van der Waals surface area contributed by atoms with Crippen LogP contribution in [0.15, 0.2) is 24.3 Å². The molecule has 15 heavy (non-hydrogen) atoms. The van der Waals surface area contributed by atoms with Gasteiger partial charge in [-0.2, -0.15) is 0 Å². The monoisotopic (exact) mass is 203 g/mol. The fourth-order valence-electron chi connectivity index (χ4n) is 2.48. The van der Waals surface area contributed by atoms with Gasteiger partial charge in [0.15, 0.2) is 0 Å². The minimum absolute atomic E-state index is 0.461. The van der Waals surface area contributed by atoms with E-state index in [0.29, 0.717) is 6.04 Å². The molecule has 1 aromatic rings. The summed E-state index contributed by atoms with van der Waals surface area (Å²) in [6.07, 6.45) is 5.61. The number of nitrogens with one attached hydrogen (secondary N) is 1. The molecule has 0 radical (unpaired) electrons. The molecule has 0 saturated heterocycles. The summed E-state index contributed by atoms with van der Waals surface area (Å²) in [5.74, 6) is 0.837. The summed E-state index contributed by atoms with van der Waals surface area (Å²) < 4.78 is 0. The average molecular weight is 203 g/mol. The van der Waals surface area contributed by atoms with Crippen LogP contribution < -0.4 is 5.32 Å². The van der Waals surface area contributed by atoms with Gasteiger partial charge in [-0.25, -0.2) is 0 Å². The lowest BCUT2D eigenvalue weighted by Gasteiger charge is -2.13. The molecule has 1 aliphatic rings. The molecule has 0 spiro atoms. The van der Waals surface area contributed by atoms with Crippen molar-refractivity contribution >= 4 is 0 Å². The molecule has 0 aliphatic heterocycles. The van der Waals surface area contributed by atoms with Crippen LogP contribution in [0.2, 0.25) is 0 Å². The van der Waals surface area contributed by atoms with Crippen LogP contribution in [0, 0.1) is 0 Å². The highest BCUT2D eigenvalue weighted by Crippen LogP contribution is 2.34. The molecule has 1 atom stereocenters. The Bertz CT molecular complexity index is 296. The molecule has 0 bridgehead atoms. The van der Waals surface area contributed by atoms with Gasteiger partial charge in [0.2, 0.25) is 0 Å². The Kier molecular flexibility index (Phi) is 3.42. The summed E-state index contributed by atoms with van der Waals surface area (Å²) in [4.78, 5) is 0. The minimum atomic E-state index is 0.461. The molecular formula is C14H21N. The molecule has 0 heterocycles. The Labute approximate surface area is 92.9 Å². The SMILES string of the molecule is CN[C@H](C)c1ccc(C2CCCC2)cc1. The molecule has 1 aromatic carbocycles. The van der Waals surface area contributed by atoms with E-state index < -0.39 is 0 Å². The molecule has 0 amide bonds. The van der Waals surface area contributed by atoms with Crippen molar-refractivity contribution < 1.29 is 0 Å². The number of hydrogen-bond acceptors (Lipinski definition) is 1. The van der Waals surface area contributed by atoms with Crippen LogP contribution in [0.25, 0.3) is 0 Å². The summed E-state index contributed by atoms with van der Waals surface area (Å²) in [5, 5.41) is 3.27. The zero-order chi connectivity index (χ0) is 10.7. The molecule has 82 valence electrons. The predicted molar refractivity (Wildman–Crippen MR) is 65.1 cm³/mol. The highest BCUT2D eigenvalue weighted by atomic mass is 14.8. The first kappa shape index (κ1) is 10.7. The fraction of sp³-hybridized carbons (Fsp3) is 0.571. The third kappa shape index (κ3) is 2.40. The largest absolute Gasteiger partial charge is 0.313 e. The average Bonchev–Trinajstić information content (AvgIpc) is 2.82. The molecule has 1 nitrogen and oxygen atoms in total. The highest BCUT2D eigenvalue weighted by molar-refractivity contribution is 5.27. The van der Waals surface area contributed by atoms with E-state index in [0.717, 1.165) is 5.92 Å². The quantitative estimate of drug-likeness (QED) is 0.791. The highest BCUT2D eigenvalue weighted by Gasteiger charge is 2.16. The van der Waals surface area contributed by atoms with Crippen LogP contribution in [0.5, 0.6) is 0 Å². The van der Waals surface area contributed by atoms with E-state index in [9.17, 15) is 0 Å². The summed E-state index contributed by atoms with van der Waals surface area (Å²) in [6.45, 7) is 2.20. The van der Waals surface area contributed by atoms with Crippen LogP contribution in [0.3, 0.4) is 0 Å². The van der Waals surface area contributed by atoms with Crippen molar-refractivity contribution in [1.82, 2.24) is 5.32 Å². The van der Waals surface area contributed by atoms with E-state index >= 15 is 0 Å². The van der Waals surface area contributed by atoms with E-state index in [1.807, 2.05) is 7.05 Å². The molecular weight excluding hydrogens is 182 g/mol. The number of rotatable bonds is 3. The molecule has 0 unspecified atom stereocenters. The summed E-state index contributed by atoms with van der Waals surface area (Å²) in [7, 11) is 2.01. The van der Waals surface area contributed by atoms with Crippen LogP contribution in [0.4, 0.5) is 0 Å². The van der Waals surface area contributed by atoms with Crippen molar-refractivity contribution in [3.05, 3.63) is 35.4 Å². The maximum Gasteiger partial charge on any atom is 0.0289 e. The maximum absolute atomic E-state index is 3.27. The number of benzene rings is 1. The normalized spacial score (nSPS) is 19.3. The fourth-order valence-corrected chi connectivity index (χ4v) is 2.48. The lowest BCUT2D eigenvalue weighted by Crippen LogP contribution is -2.12. The van der Waals surface area contributed by atoms with Gasteiger partial charge in [-0.15, -0.1) is 0 Å². The van der Waals surface area contributed by atoms with Gasteiger partial charge < -0.3 is 5.32 Å². The van der Waals surface area contributed by atoms with Gasteiger partial charge in [-0.3, -0.25) is 0 Å². The Balaban J connectivity index is 2.09. The van der Waals surface area contributed by atoms with Gasteiger partial charge in [-0.1, -0.05) is 37.1 Å². The van der Waals surface area contributed by atoms with Crippen LogP contribution in [-0.2, 0) is 0 Å². The molecule has 1 aliphatic carbocycles. The summed E-state index contributed by atoms with van der Waals surface area (Å²) >= 11 is 0. The van der Waals surface area contributed by atoms with E-state index in [1.54, 1.807) is 5.56 Å². The zero-order valence-electron chi connectivity index (χ0n) is 9.79. The Morgan fingerprint density at radius 1 is 1.13 bits per heavy atom. The third-order valence-electron chi connectivity index (χ3n) is 3.70. The van der Waals surface area contributed by atoms with Crippen LogP contribution >= 0.6 is 0 Å². The lowest BCUT2D eigenvalue weighted by atomic mass is 9.95. The van der Waals surface area contributed by atoms with E-state index in [-0.39, 0.29) is 0 Å². The molecule has 1 heteroatoms. The van der Waals surface area contributed by atoms with Gasteiger partial charge in [0.25, 0.3) is 0 Å². The summed E-state index contributed by atoms with van der Waals surface area (Å²) in [6, 6.07) is 9.64. The molecule has 0 aromatic heterocycles. The first-order chi connectivity index (χ1) is 7.31. The Morgan fingerprint density at radius 2 is 1.73 bits per heavy atom. The number of hydrogen-bond donors (Lipinski definition) is 1. The second-order valence-electron chi connectivity index (χ2n) is 4.66. The summed E-state index contributed by atoms with van der Waals surface area (Å²) in [5.41, 5.74) is 2.93. The van der Waals surface area contributed by atoms with Gasteiger partial charge in [-0.05, 0) is 43.9 Å². The third-order valence-corrected chi connectivity index (χ3v) is 3.70. The van der Waals surface area contributed by atoms with Crippen molar-refractivity contribution in [3.63, 3.8) is 0 Å². The first-order valence-corrected chi connectivity index (χ1v) is 6.08. The van der Waals surface area contributed by atoms with E-state index in [4.69, 9.17) is 0 Å². The Morgan fingerprint density at radius 3 is 2.27 bits per heavy atom. The maximum atomic E-state index is 3.27. The smallest absolute Gasteiger partial charge is 0.0289 e. The molecule has 1 saturated carbocycles. The molecule has 2 rings (SSSR count). The zero-order valence-corrected chi connectivity index (χ0v) is 9.79. The van der Waals surface area contributed by atoms with Gasteiger partial charge in [0.05, 0.1) is 0 Å². The van der Waals surface area contributed by atoms with E-state index in [1.165, 1.54) is 31.2 Å². The van der Waals surface area contributed by atoms with Gasteiger partial charge in [0.1, 0.15) is 0 Å². The lowest BCUT2D eigenvalue weighted by molar-refractivity contribution is 0.650. The van der Waals surface area contributed by atoms with Gasteiger partial charge in [0, 0.05) is 6.04 Å². The van der Waals surface area contributed by atoms with E-state index in [2.05, 4.69) is 36.5 Å². The second-order valence-corrected chi connectivity index (χ2v) is 4.66. The van der Waals surface area contributed by atoms with Crippen molar-refractivity contribution in [1.29, 1.82) is 0 Å². The van der Waals surface area contributed by atoms with Crippen molar-refractivity contribution in [2.45, 2.75) is 44.6 Å². The minimum Gasteiger partial charge on any atom is -0.313 e. The van der Waals surface area contributed by atoms with Crippen LogP contribution in [0.1, 0.15) is 55.7 Å². The first-order valence-electron chi connectivity index (χ1n) is 6.08. The van der Waals surface area contributed by atoms with Crippen molar-refractivity contribution in [3.8, 4) is 0 Å². The standard InChI is InChI=1S/C14H21N/c1-11(15-2)12-7-9-14(10-8-12)13-5-3-4-6-13/h7-11,13,15H,3-6H2,1-2H3/t11-/m1/s1. The molecule has 1 fully saturated rings. The van der Waals surface area contributed by atoms with Crippen molar-refractivity contribution in [2.75, 3.05) is 7.05 Å². The van der Waals surface area contributed by atoms with Crippen molar-refractivity contribution in [2.24, 2.45) is 0 Å².